The standard InChI is InChI=1S/C16H30N2O2/c1-2-18-13-9-5-3-7-11-15(17-20)16(19)12-8-4-6-10-14-18/h20H,2-14H2,1H3/b17-15-. The molecule has 0 aromatic rings. The van der Waals surface area contributed by atoms with Gasteiger partial charge in [0.1, 0.15) is 5.71 Å². The molecule has 1 rings (SSSR count). The van der Waals surface area contributed by atoms with Gasteiger partial charge >= 0.3 is 0 Å². The van der Waals surface area contributed by atoms with Crippen LogP contribution in [0.3, 0.4) is 0 Å². The van der Waals surface area contributed by atoms with E-state index < -0.39 is 0 Å². The second-order valence-electron chi connectivity index (χ2n) is 5.73. The van der Waals surface area contributed by atoms with Crippen molar-refractivity contribution in [3.05, 3.63) is 0 Å². The summed E-state index contributed by atoms with van der Waals surface area (Å²) in [5.41, 5.74) is 0.384. The lowest BCUT2D eigenvalue weighted by molar-refractivity contribution is -0.113. The summed E-state index contributed by atoms with van der Waals surface area (Å²) in [5, 5.41) is 12.1. The molecule has 4 nitrogen and oxygen atoms in total. The third-order valence-electron chi connectivity index (χ3n) is 4.16. The van der Waals surface area contributed by atoms with Crippen LogP contribution >= 0.6 is 0 Å². The Morgan fingerprint density at radius 1 is 0.950 bits per heavy atom. The van der Waals surface area contributed by atoms with E-state index in [0.717, 1.165) is 32.2 Å². The van der Waals surface area contributed by atoms with Gasteiger partial charge in [-0.25, -0.2) is 0 Å². The highest BCUT2D eigenvalue weighted by molar-refractivity contribution is 6.39. The number of rotatable bonds is 1. The van der Waals surface area contributed by atoms with Crippen LogP contribution in [0.15, 0.2) is 5.16 Å². The van der Waals surface area contributed by atoms with Crippen LogP contribution in [0.4, 0.5) is 0 Å². The average molecular weight is 282 g/mol. The summed E-state index contributed by atoms with van der Waals surface area (Å²) < 4.78 is 0. The largest absolute Gasteiger partial charge is 0.411 e. The lowest BCUT2D eigenvalue weighted by atomic mass is 10.0. The number of carbonyl (C=O) groups is 1. The van der Waals surface area contributed by atoms with Crippen LogP contribution in [0.25, 0.3) is 0 Å². The maximum Gasteiger partial charge on any atom is 0.180 e. The number of nitrogens with zero attached hydrogens (tertiary/aromatic N) is 2. The quantitative estimate of drug-likeness (QED) is 0.590. The van der Waals surface area contributed by atoms with Gasteiger partial charge in [-0.3, -0.25) is 4.79 Å². The van der Waals surface area contributed by atoms with Crippen molar-refractivity contribution in [3.8, 4) is 0 Å². The average Bonchev–Trinajstić information content (AvgIpc) is 2.47. The van der Waals surface area contributed by atoms with Crippen LogP contribution < -0.4 is 0 Å². The Bertz CT molecular complexity index is 303. The Morgan fingerprint density at radius 2 is 1.50 bits per heavy atom. The predicted octanol–water partition coefficient (Wildman–Crippen LogP) is 3.62. The van der Waals surface area contributed by atoms with Gasteiger partial charge in [0.2, 0.25) is 0 Å². The predicted molar refractivity (Wildman–Crippen MR) is 82.5 cm³/mol. The van der Waals surface area contributed by atoms with Gasteiger partial charge in [0, 0.05) is 6.42 Å². The molecular formula is C16H30N2O2. The van der Waals surface area contributed by atoms with Crippen molar-refractivity contribution < 1.29 is 10.0 Å². The SMILES string of the molecule is CCN1CCCCCCC(=O)/C(=N\O)CCCCCC1. The van der Waals surface area contributed by atoms with E-state index in [9.17, 15) is 4.79 Å². The van der Waals surface area contributed by atoms with Crippen LogP contribution in [0.1, 0.15) is 71.1 Å². The van der Waals surface area contributed by atoms with Crippen molar-refractivity contribution >= 4 is 11.5 Å². The van der Waals surface area contributed by atoms with Gasteiger partial charge in [0.25, 0.3) is 0 Å². The van der Waals surface area contributed by atoms with Gasteiger partial charge in [-0.1, -0.05) is 37.8 Å². The van der Waals surface area contributed by atoms with E-state index in [1.54, 1.807) is 0 Å². The molecule has 116 valence electrons. The Labute approximate surface area is 123 Å². The molecule has 20 heavy (non-hydrogen) atoms. The number of ketones is 1. The minimum Gasteiger partial charge on any atom is -0.411 e. The van der Waals surface area contributed by atoms with Crippen molar-refractivity contribution in [2.45, 2.75) is 71.1 Å². The molecule has 1 saturated heterocycles. The maximum absolute atomic E-state index is 11.9. The third-order valence-corrected chi connectivity index (χ3v) is 4.16. The normalized spacial score (nSPS) is 24.2. The molecule has 1 fully saturated rings. The Hall–Kier alpha value is -0.900. The molecule has 0 radical (unpaired) electrons. The van der Waals surface area contributed by atoms with Gasteiger partial charge in [-0.2, -0.15) is 0 Å². The fourth-order valence-corrected chi connectivity index (χ4v) is 2.77. The minimum absolute atomic E-state index is 0.0394. The summed E-state index contributed by atoms with van der Waals surface area (Å²) in [6, 6.07) is 0. The smallest absolute Gasteiger partial charge is 0.180 e. The van der Waals surface area contributed by atoms with E-state index in [4.69, 9.17) is 5.21 Å². The van der Waals surface area contributed by atoms with E-state index >= 15 is 0 Å². The van der Waals surface area contributed by atoms with Crippen molar-refractivity contribution in [2.24, 2.45) is 5.16 Å². The van der Waals surface area contributed by atoms with Crippen LogP contribution in [-0.2, 0) is 4.79 Å². The summed E-state index contributed by atoms with van der Waals surface area (Å²) in [5.74, 6) is 0.0394. The molecule has 1 N–H and O–H groups in total. The van der Waals surface area contributed by atoms with Crippen molar-refractivity contribution in [3.63, 3.8) is 0 Å². The zero-order valence-corrected chi connectivity index (χ0v) is 12.9. The summed E-state index contributed by atoms with van der Waals surface area (Å²) in [7, 11) is 0. The maximum atomic E-state index is 11.9. The Kier molecular flexibility index (Phi) is 9.29. The molecule has 1 aliphatic rings. The van der Waals surface area contributed by atoms with Crippen molar-refractivity contribution in [2.75, 3.05) is 19.6 Å². The molecule has 0 aliphatic carbocycles. The summed E-state index contributed by atoms with van der Waals surface area (Å²) in [6.07, 6.45) is 10.1. The molecule has 1 heterocycles. The topological polar surface area (TPSA) is 52.9 Å². The van der Waals surface area contributed by atoms with E-state index in [1.807, 2.05) is 0 Å². The van der Waals surface area contributed by atoms with Gasteiger partial charge in [0.05, 0.1) is 0 Å². The number of carbonyl (C=O) groups excluding carboxylic acids is 1. The fourth-order valence-electron chi connectivity index (χ4n) is 2.77. The Balaban J connectivity index is 2.43. The first-order valence-corrected chi connectivity index (χ1v) is 8.24. The minimum atomic E-state index is 0.0394. The molecular weight excluding hydrogens is 252 g/mol. The van der Waals surface area contributed by atoms with Crippen LogP contribution in [0.5, 0.6) is 0 Å². The lowest BCUT2D eigenvalue weighted by Gasteiger charge is -2.20. The number of hydrogen-bond donors (Lipinski definition) is 1. The van der Waals surface area contributed by atoms with Crippen LogP contribution in [0, 0.1) is 0 Å². The third kappa shape index (κ3) is 7.04. The van der Waals surface area contributed by atoms with E-state index in [0.29, 0.717) is 18.6 Å². The van der Waals surface area contributed by atoms with Crippen LogP contribution in [0.2, 0.25) is 0 Å². The summed E-state index contributed by atoms with van der Waals surface area (Å²) in [6.45, 7) is 5.75. The monoisotopic (exact) mass is 282 g/mol. The summed E-state index contributed by atoms with van der Waals surface area (Å²) >= 11 is 0. The summed E-state index contributed by atoms with van der Waals surface area (Å²) in [4.78, 5) is 14.4. The molecule has 0 saturated carbocycles. The molecule has 4 heteroatoms. The van der Waals surface area contributed by atoms with Gasteiger partial charge in [0.15, 0.2) is 5.78 Å². The Morgan fingerprint density at radius 3 is 2.05 bits per heavy atom. The van der Waals surface area contributed by atoms with E-state index in [1.165, 1.54) is 38.8 Å². The first-order valence-electron chi connectivity index (χ1n) is 8.24. The number of hydrogen-bond acceptors (Lipinski definition) is 4. The van der Waals surface area contributed by atoms with Crippen molar-refractivity contribution in [1.82, 2.24) is 4.90 Å². The van der Waals surface area contributed by atoms with Gasteiger partial charge in [-0.15, -0.1) is 0 Å². The van der Waals surface area contributed by atoms with Crippen LogP contribution in [-0.4, -0.2) is 41.2 Å². The van der Waals surface area contributed by atoms with Gasteiger partial charge in [-0.05, 0) is 51.7 Å². The highest BCUT2D eigenvalue weighted by atomic mass is 16.4. The van der Waals surface area contributed by atoms with Gasteiger partial charge < -0.3 is 10.1 Å². The zero-order chi connectivity index (χ0) is 14.6. The number of Topliss-reactive ketones (excluding diaryl/α,β-unsaturated/α-hetero) is 1. The molecule has 0 amide bonds. The second kappa shape index (κ2) is 10.8. The van der Waals surface area contributed by atoms with Crippen molar-refractivity contribution in [1.29, 1.82) is 0 Å². The molecule has 1 aliphatic heterocycles. The van der Waals surface area contributed by atoms with E-state index in [-0.39, 0.29) is 5.78 Å². The fraction of sp³-hybridized carbons (Fsp3) is 0.875. The zero-order valence-electron chi connectivity index (χ0n) is 12.9. The second-order valence-corrected chi connectivity index (χ2v) is 5.73. The molecule has 0 bridgehead atoms. The lowest BCUT2D eigenvalue weighted by Crippen LogP contribution is -2.25. The molecule has 0 aromatic heterocycles. The van der Waals surface area contributed by atoms with E-state index in [2.05, 4.69) is 17.0 Å². The molecule has 0 unspecified atom stereocenters. The molecule has 0 aromatic carbocycles. The highest BCUT2D eigenvalue weighted by Crippen LogP contribution is 2.11. The first-order chi connectivity index (χ1) is 9.77. The number of oxime groups is 1. The molecule has 0 atom stereocenters. The molecule has 0 spiro atoms. The first kappa shape index (κ1) is 17.2. The highest BCUT2D eigenvalue weighted by Gasteiger charge is 2.12.